The van der Waals surface area contributed by atoms with Crippen molar-refractivity contribution in [1.29, 1.82) is 0 Å². The summed E-state index contributed by atoms with van der Waals surface area (Å²) in [5.41, 5.74) is 0. The van der Waals surface area contributed by atoms with Crippen LogP contribution in [0.4, 0.5) is 0 Å². The van der Waals surface area contributed by atoms with Crippen LogP contribution in [0.1, 0.15) is 30.4 Å². The van der Waals surface area contributed by atoms with Crippen molar-refractivity contribution in [1.82, 2.24) is 10.3 Å². The molecule has 0 aromatic carbocycles. The molecule has 0 bridgehead atoms. The van der Waals surface area contributed by atoms with E-state index in [1.165, 1.54) is 0 Å². The van der Waals surface area contributed by atoms with Crippen molar-refractivity contribution in [2.45, 2.75) is 25.2 Å². The Morgan fingerprint density at radius 2 is 2.53 bits per heavy atom. The molecule has 1 aliphatic rings. The van der Waals surface area contributed by atoms with E-state index in [1.54, 1.807) is 0 Å². The molecule has 0 aliphatic carbocycles. The van der Waals surface area contributed by atoms with E-state index in [1.807, 2.05) is 13.2 Å². The molecule has 1 atom stereocenters. The molecule has 1 unspecified atom stereocenters. The maximum atomic E-state index is 5.70. The van der Waals surface area contributed by atoms with Crippen LogP contribution in [0, 0.1) is 0 Å². The van der Waals surface area contributed by atoms with Gasteiger partial charge in [-0.25, -0.2) is 4.98 Å². The standard InChI is InChI=1S/C11H18N2O2/c1-12-5-2-3-10-7-13-11(15-10)9-4-6-14-8-9/h7,9,12H,2-6,8H2,1H3. The summed E-state index contributed by atoms with van der Waals surface area (Å²) < 4.78 is 11.0. The van der Waals surface area contributed by atoms with Crippen molar-refractivity contribution in [3.05, 3.63) is 17.8 Å². The van der Waals surface area contributed by atoms with Gasteiger partial charge >= 0.3 is 0 Å². The molecule has 84 valence electrons. The zero-order valence-corrected chi connectivity index (χ0v) is 9.16. The van der Waals surface area contributed by atoms with Crippen molar-refractivity contribution >= 4 is 0 Å². The lowest BCUT2D eigenvalue weighted by Crippen LogP contribution is -2.08. The number of hydrogen-bond donors (Lipinski definition) is 1. The fourth-order valence-electron chi connectivity index (χ4n) is 1.80. The highest BCUT2D eigenvalue weighted by atomic mass is 16.5. The van der Waals surface area contributed by atoms with Crippen LogP contribution >= 0.6 is 0 Å². The predicted molar refractivity (Wildman–Crippen MR) is 56.9 cm³/mol. The number of nitrogens with zero attached hydrogens (tertiary/aromatic N) is 1. The number of aromatic nitrogens is 1. The van der Waals surface area contributed by atoms with E-state index in [4.69, 9.17) is 9.15 Å². The Labute approximate surface area is 90.0 Å². The van der Waals surface area contributed by atoms with Crippen molar-refractivity contribution in [2.24, 2.45) is 0 Å². The molecular weight excluding hydrogens is 192 g/mol. The minimum Gasteiger partial charge on any atom is -0.445 e. The Morgan fingerprint density at radius 1 is 1.60 bits per heavy atom. The third-order valence-electron chi connectivity index (χ3n) is 2.70. The minimum atomic E-state index is 0.378. The molecule has 15 heavy (non-hydrogen) atoms. The van der Waals surface area contributed by atoms with Crippen LogP contribution in [0.15, 0.2) is 10.6 Å². The molecule has 1 aromatic rings. The molecular formula is C11H18N2O2. The lowest BCUT2D eigenvalue weighted by Gasteiger charge is -2.00. The van der Waals surface area contributed by atoms with Gasteiger partial charge in [0.2, 0.25) is 0 Å². The Balaban J connectivity index is 1.86. The average molecular weight is 210 g/mol. The third kappa shape index (κ3) is 2.79. The van der Waals surface area contributed by atoms with Gasteiger partial charge in [0.25, 0.3) is 0 Å². The number of ether oxygens (including phenoxy) is 1. The first-order chi connectivity index (χ1) is 7.40. The van der Waals surface area contributed by atoms with Gasteiger partial charge in [-0.2, -0.15) is 0 Å². The van der Waals surface area contributed by atoms with Crippen molar-refractivity contribution in [3.8, 4) is 0 Å². The second-order valence-electron chi connectivity index (χ2n) is 3.93. The van der Waals surface area contributed by atoms with E-state index in [9.17, 15) is 0 Å². The summed E-state index contributed by atoms with van der Waals surface area (Å²) in [6, 6.07) is 0. The molecule has 0 radical (unpaired) electrons. The molecule has 0 saturated carbocycles. The number of nitrogens with one attached hydrogen (secondary N) is 1. The number of rotatable bonds is 5. The topological polar surface area (TPSA) is 47.3 Å². The quantitative estimate of drug-likeness (QED) is 0.745. The highest BCUT2D eigenvalue weighted by Gasteiger charge is 2.22. The molecule has 2 rings (SSSR count). The van der Waals surface area contributed by atoms with Gasteiger partial charge in [-0.3, -0.25) is 0 Å². The van der Waals surface area contributed by atoms with Gasteiger partial charge in [-0.1, -0.05) is 0 Å². The molecule has 1 aromatic heterocycles. The van der Waals surface area contributed by atoms with Crippen LogP contribution in [-0.2, 0) is 11.2 Å². The minimum absolute atomic E-state index is 0.378. The molecule has 4 nitrogen and oxygen atoms in total. The van der Waals surface area contributed by atoms with Gasteiger partial charge in [0.05, 0.1) is 18.7 Å². The van der Waals surface area contributed by atoms with E-state index < -0.39 is 0 Å². The van der Waals surface area contributed by atoms with Crippen LogP contribution in [-0.4, -0.2) is 31.8 Å². The van der Waals surface area contributed by atoms with Crippen LogP contribution < -0.4 is 5.32 Å². The van der Waals surface area contributed by atoms with Gasteiger partial charge in [0.1, 0.15) is 5.76 Å². The van der Waals surface area contributed by atoms with E-state index >= 15 is 0 Å². The molecule has 1 aliphatic heterocycles. The fraction of sp³-hybridized carbons (Fsp3) is 0.727. The van der Waals surface area contributed by atoms with Crippen LogP contribution in [0.5, 0.6) is 0 Å². The largest absolute Gasteiger partial charge is 0.445 e. The van der Waals surface area contributed by atoms with Gasteiger partial charge in [0.15, 0.2) is 5.89 Å². The maximum absolute atomic E-state index is 5.70. The summed E-state index contributed by atoms with van der Waals surface area (Å²) in [5, 5.41) is 3.12. The fourth-order valence-corrected chi connectivity index (χ4v) is 1.80. The molecule has 1 N–H and O–H groups in total. The molecule has 1 fully saturated rings. The smallest absolute Gasteiger partial charge is 0.199 e. The van der Waals surface area contributed by atoms with E-state index in [2.05, 4.69) is 10.3 Å². The van der Waals surface area contributed by atoms with E-state index in [0.29, 0.717) is 5.92 Å². The van der Waals surface area contributed by atoms with Gasteiger partial charge in [0, 0.05) is 13.0 Å². The van der Waals surface area contributed by atoms with E-state index in [0.717, 1.165) is 50.7 Å². The summed E-state index contributed by atoms with van der Waals surface area (Å²) in [7, 11) is 1.96. The molecule has 4 heteroatoms. The van der Waals surface area contributed by atoms with Crippen molar-refractivity contribution < 1.29 is 9.15 Å². The Kier molecular flexibility index (Phi) is 3.75. The van der Waals surface area contributed by atoms with Crippen LogP contribution in [0.25, 0.3) is 0 Å². The second-order valence-corrected chi connectivity index (χ2v) is 3.93. The Hall–Kier alpha value is -0.870. The summed E-state index contributed by atoms with van der Waals surface area (Å²) in [4.78, 5) is 4.31. The van der Waals surface area contributed by atoms with Crippen molar-refractivity contribution in [3.63, 3.8) is 0 Å². The molecule has 1 saturated heterocycles. The third-order valence-corrected chi connectivity index (χ3v) is 2.70. The SMILES string of the molecule is CNCCCc1cnc(C2CCOC2)o1. The lowest BCUT2D eigenvalue weighted by molar-refractivity contribution is 0.190. The zero-order chi connectivity index (χ0) is 10.5. The normalized spacial score (nSPS) is 21.0. The first-order valence-electron chi connectivity index (χ1n) is 5.57. The second kappa shape index (κ2) is 5.28. The summed E-state index contributed by atoms with van der Waals surface area (Å²) in [5.74, 6) is 2.22. The predicted octanol–water partition coefficient (Wildman–Crippen LogP) is 1.33. The first-order valence-corrected chi connectivity index (χ1v) is 5.57. The Bertz CT molecular complexity index is 293. The number of oxazole rings is 1. The summed E-state index contributed by atoms with van der Waals surface area (Å²) >= 11 is 0. The van der Waals surface area contributed by atoms with Gasteiger partial charge in [-0.15, -0.1) is 0 Å². The van der Waals surface area contributed by atoms with E-state index in [-0.39, 0.29) is 0 Å². The summed E-state index contributed by atoms with van der Waals surface area (Å²) in [6.07, 6.45) is 4.94. The Morgan fingerprint density at radius 3 is 3.27 bits per heavy atom. The maximum Gasteiger partial charge on any atom is 0.199 e. The highest BCUT2D eigenvalue weighted by Crippen LogP contribution is 2.24. The molecule has 0 spiro atoms. The van der Waals surface area contributed by atoms with Crippen LogP contribution in [0.3, 0.4) is 0 Å². The highest BCUT2D eigenvalue weighted by molar-refractivity contribution is 5.00. The first kappa shape index (κ1) is 10.6. The number of aryl methyl sites for hydroxylation is 1. The molecule has 0 amide bonds. The zero-order valence-electron chi connectivity index (χ0n) is 9.16. The van der Waals surface area contributed by atoms with Gasteiger partial charge in [-0.05, 0) is 26.4 Å². The van der Waals surface area contributed by atoms with Gasteiger partial charge < -0.3 is 14.5 Å². The lowest BCUT2D eigenvalue weighted by atomic mass is 10.1. The van der Waals surface area contributed by atoms with Crippen molar-refractivity contribution in [2.75, 3.05) is 26.8 Å². The molecule has 2 heterocycles. The summed E-state index contributed by atoms with van der Waals surface area (Å²) in [6.45, 7) is 2.61. The average Bonchev–Trinajstić information content (AvgIpc) is 2.87. The number of hydrogen-bond acceptors (Lipinski definition) is 4. The van der Waals surface area contributed by atoms with Crippen LogP contribution in [0.2, 0.25) is 0 Å². The monoisotopic (exact) mass is 210 g/mol.